The molecule has 1 saturated carbocycles. The molecule has 7 rings (SSSR count). The number of aromatic nitrogens is 1. The van der Waals surface area contributed by atoms with Crippen LogP contribution in [0.5, 0.6) is 0 Å². The molecule has 3 saturated heterocycles. The number of para-hydroxylation sites is 1. The molecule has 0 radical (unpaired) electrons. The standard InChI is InChI=1S/C30H35N3O4.ClH/c34-27(31-28-24-12-6-7-13-25(24)37-32-28)21-33-18-14-22(15-19-33)26(20-33)36-29(35)30(16-8-1-2-9-17-30)23-10-4-3-5-11-23;/h3-7,10-13,22,26H,1-2,8-9,14-21H2;1H. The topological polar surface area (TPSA) is 81.4 Å². The summed E-state index contributed by atoms with van der Waals surface area (Å²) < 4.78 is 12.4. The Morgan fingerprint density at radius 3 is 2.39 bits per heavy atom. The maximum atomic E-state index is 14.0. The van der Waals surface area contributed by atoms with Crippen molar-refractivity contribution in [1.29, 1.82) is 0 Å². The average Bonchev–Trinajstić information content (AvgIpc) is 3.15. The number of nitrogens with zero attached hydrogens (tertiary/aromatic N) is 2. The lowest BCUT2D eigenvalue weighted by Crippen LogP contribution is -3.00. The van der Waals surface area contributed by atoms with Gasteiger partial charge in [0.25, 0.3) is 5.91 Å². The van der Waals surface area contributed by atoms with Gasteiger partial charge < -0.3 is 31.5 Å². The Bertz CT molecular complexity index is 1260. The van der Waals surface area contributed by atoms with Gasteiger partial charge in [-0.15, -0.1) is 0 Å². The zero-order valence-corrected chi connectivity index (χ0v) is 22.5. The van der Waals surface area contributed by atoms with Gasteiger partial charge in [-0.2, -0.15) is 0 Å². The van der Waals surface area contributed by atoms with Gasteiger partial charge in [0.1, 0.15) is 6.54 Å². The molecule has 3 aromatic rings. The highest BCUT2D eigenvalue weighted by Crippen LogP contribution is 2.42. The third-order valence-electron chi connectivity index (χ3n) is 9.09. The number of carbonyl (C=O) groups is 2. The number of halogens is 1. The number of anilines is 1. The first-order valence-electron chi connectivity index (χ1n) is 13.8. The molecule has 1 atom stereocenters. The second-order valence-corrected chi connectivity index (χ2v) is 11.3. The number of carbonyl (C=O) groups excluding carboxylic acids is 2. The molecule has 202 valence electrons. The monoisotopic (exact) mass is 537 g/mol. The van der Waals surface area contributed by atoms with Crippen LogP contribution in [0.1, 0.15) is 56.9 Å². The molecule has 4 aliphatic rings. The van der Waals surface area contributed by atoms with Gasteiger partial charge in [0.05, 0.1) is 23.9 Å². The van der Waals surface area contributed by atoms with Gasteiger partial charge in [0.2, 0.25) is 0 Å². The summed E-state index contributed by atoms with van der Waals surface area (Å²) in [7, 11) is 0. The predicted molar refractivity (Wildman–Crippen MR) is 141 cm³/mol. The minimum Gasteiger partial charge on any atom is -1.00 e. The number of quaternary nitrogens is 1. The van der Waals surface area contributed by atoms with Crippen LogP contribution in [0.15, 0.2) is 59.1 Å². The second kappa shape index (κ2) is 11.1. The van der Waals surface area contributed by atoms with Crippen molar-refractivity contribution in [2.45, 2.75) is 62.9 Å². The zero-order valence-electron chi connectivity index (χ0n) is 21.7. The van der Waals surface area contributed by atoms with E-state index in [-0.39, 0.29) is 30.4 Å². The Morgan fingerprint density at radius 1 is 0.974 bits per heavy atom. The summed E-state index contributed by atoms with van der Waals surface area (Å²) in [5, 5.41) is 7.82. The maximum Gasteiger partial charge on any atom is 0.317 e. The number of nitrogens with one attached hydrogen (secondary N) is 1. The molecule has 0 spiro atoms. The average molecular weight is 538 g/mol. The first-order chi connectivity index (χ1) is 18.1. The minimum absolute atomic E-state index is 0. The highest BCUT2D eigenvalue weighted by Gasteiger charge is 2.51. The highest BCUT2D eigenvalue weighted by atomic mass is 35.5. The number of piperidine rings is 3. The van der Waals surface area contributed by atoms with Crippen molar-refractivity contribution >= 4 is 28.7 Å². The molecule has 7 nitrogen and oxygen atoms in total. The third kappa shape index (κ3) is 5.06. The molecule has 3 aliphatic heterocycles. The second-order valence-electron chi connectivity index (χ2n) is 11.3. The molecule has 1 amide bonds. The number of benzene rings is 2. The van der Waals surface area contributed by atoms with Crippen LogP contribution in [0.2, 0.25) is 0 Å². The van der Waals surface area contributed by atoms with E-state index in [1.807, 2.05) is 42.5 Å². The van der Waals surface area contributed by atoms with Crippen LogP contribution in [0.25, 0.3) is 11.0 Å². The largest absolute Gasteiger partial charge is 1.00 e. The van der Waals surface area contributed by atoms with Crippen LogP contribution in [0.3, 0.4) is 0 Å². The van der Waals surface area contributed by atoms with Crippen molar-refractivity contribution in [3.05, 3.63) is 60.2 Å². The zero-order chi connectivity index (χ0) is 25.3. The summed E-state index contributed by atoms with van der Waals surface area (Å²) in [6.45, 7) is 2.94. The highest BCUT2D eigenvalue weighted by molar-refractivity contribution is 5.99. The van der Waals surface area contributed by atoms with Crippen LogP contribution in [-0.2, 0) is 19.7 Å². The Hall–Kier alpha value is -2.90. The van der Waals surface area contributed by atoms with Gasteiger partial charge in [-0.25, -0.2) is 0 Å². The van der Waals surface area contributed by atoms with E-state index in [9.17, 15) is 9.59 Å². The van der Waals surface area contributed by atoms with Crippen molar-refractivity contribution in [1.82, 2.24) is 5.16 Å². The summed E-state index contributed by atoms with van der Waals surface area (Å²) >= 11 is 0. The van der Waals surface area contributed by atoms with Gasteiger partial charge >= 0.3 is 5.97 Å². The third-order valence-corrected chi connectivity index (χ3v) is 9.09. The van der Waals surface area contributed by atoms with Crippen LogP contribution >= 0.6 is 0 Å². The van der Waals surface area contributed by atoms with Crippen LogP contribution < -0.4 is 17.7 Å². The van der Waals surface area contributed by atoms with E-state index in [0.29, 0.717) is 34.9 Å². The lowest BCUT2D eigenvalue weighted by molar-refractivity contribution is -0.939. The van der Waals surface area contributed by atoms with Gasteiger partial charge in [0.15, 0.2) is 24.0 Å². The van der Waals surface area contributed by atoms with E-state index in [1.54, 1.807) is 0 Å². The molecule has 1 unspecified atom stereocenters. The Morgan fingerprint density at radius 2 is 1.66 bits per heavy atom. The van der Waals surface area contributed by atoms with E-state index in [1.165, 1.54) is 12.8 Å². The summed E-state index contributed by atoms with van der Waals surface area (Å²) in [5.41, 5.74) is 1.19. The summed E-state index contributed by atoms with van der Waals surface area (Å²) in [5.74, 6) is 0.710. The maximum absolute atomic E-state index is 14.0. The number of rotatable bonds is 6. The summed E-state index contributed by atoms with van der Waals surface area (Å²) in [6, 6.07) is 17.8. The number of hydrogen-bond acceptors (Lipinski definition) is 5. The number of ether oxygens (including phenoxy) is 1. The minimum atomic E-state index is -0.556. The fraction of sp³-hybridized carbons (Fsp3) is 0.500. The molecule has 8 heteroatoms. The number of amides is 1. The van der Waals surface area contributed by atoms with E-state index < -0.39 is 5.41 Å². The van der Waals surface area contributed by atoms with Crippen LogP contribution in [0, 0.1) is 5.92 Å². The van der Waals surface area contributed by atoms with E-state index >= 15 is 0 Å². The fourth-order valence-corrected chi connectivity index (χ4v) is 6.98. The van der Waals surface area contributed by atoms with E-state index in [0.717, 1.165) is 62.6 Å². The van der Waals surface area contributed by atoms with Crippen LogP contribution in [-0.4, -0.2) is 53.8 Å². The predicted octanol–water partition coefficient (Wildman–Crippen LogP) is 2.21. The van der Waals surface area contributed by atoms with Crippen molar-refractivity contribution < 1.29 is 35.7 Å². The van der Waals surface area contributed by atoms with Gasteiger partial charge in [-0.3, -0.25) is 9.59 Å². The van der Waals surface area contributed by atoms with Crippen molar-refractivity contribution in [3.63, 3.8) is 0 Å². The van der Waals surface area contributed by atoms with Crippen LogP contribution in [0.4, 0.5) is 5.82 Å². The van der Waals surface area contributed by atoms with E-state index in [2.05, 4.69) is 22.6 Å². The first-order valence-corrected chi connectivity index (χ1v) is 13.8. The Kier molecular flexibility index (Phi) is 7.78. The van der Waals surface area contributed by atoms with E-state index in [4.69, 9.17) is 9.26 Å². The normalized spacial score (nSPS) is 26.2. The molecule has 1 aliphatic carbocycles. The molecule has 4 heterocycles. The number of fused-ring (bicyclic) bond motifs is 4. The fourth-order valence-electron chi connectivity index (χ4n) is 6.98. The quantitative estimate of drug-likeness (QED) is 0.296. The van der Waals surface area contributed by atoms with Crippen molar-refractivity contribution in [2.75, 3.05) is 31.5 Å². The Balaban J connectivity index is 0.00000294. The van der Waals surface area contributed by atoms with Gasteiger partial charge in [-0.05, 0) is 30.5 Å². The van der Waals surface area contributed by atoms with Gasteiger partial charge in [0, 0.05) is 18.8 Å². The number of esters is 1. The molecule has 2 aromatic carbocycles. The molecular formula is C30H36ClN3O4. The summed E-state index contributed by atoms with van der Waals surface area (Å²) in [6.07, 6.45) is 7.96. The Labute approximate surface area is 229 Å². The lowest BCUT2D eigenvalue weighted by atomic mass is 9.74. The molecule has 1 aromatic heterocycles. The molecule has 38 heavy (non-hydrogen) atoms. The molecular weight excluding hydrogens is 502 g/mol. The SMILES string of the molecule is O=C(C[N+]12CCC(CC1)C(OC(=O)C1(c3ccccc3)CCCCCC1)C2)Nc1noc2ccccc12.[Cl-]. The smallest absolute Gasteiger partial charge is 0.317 e. The van der Waals surface area contributed by atoms with Crippen molar-refractivity contribution in [3.8, 4) is 0 Å². The van der Waals surface area contributed by atoms with Crippen molar-refractivity contribution in [2.24, 2.45) is 5.92 Å². The number of hydrogen-bond donors (Lipinski definition) is 1. The molecule has 4 fully saturated rings. The molecule has 2 bridgehead atoms. The first kappa shape index (κ1) is 26.7. The summed E-state index contributed by atoms with van der Waals surface area (Å²) in [4.78, 5) is 27.1. The van der Waals surface area contributed by atoms with Gasteiger partial charge in [-0.1, -0.05) is 73.3 Å². The lowest BCUT2D eigenvalue weighted by Gasteiger charge is -2.52. The molecule has 1 N–H and O–H groups in total.